The number of ether oxygens (including phenoxy) is 2. The number of carbonyl (C=O) groups is 1. The van der Waals surface area contributed by atoms with E-state index in [1.165, 1.54) is 6.42 Å². The lowest BCUT2D eigenvalue weighted by molar-refractivity contribution is -0.123. The van der Waals surface area contributed by atoms with Crippen LogP contribution >= 0.6 is 0 Å². The van der Waals surface area contributed by atoms with Gasteiger partial charge in [-0.15, -0.1) is 0 Å². The van der Waals surface area contributed by atoms with Gasteiger partial charge < -0.3 is 9.47 Å². The van der Waals surface area contributed by atoms with E-state index >= 15 is 0 Å². The Bertz CT molecular complexity index is 595. The van der Waals surface area contributed by atoms with Crippen LogP contribution in [0, 0.1) is 29.1 Å². The molecule has 3 rings (SSSR count). The summed E-state index contributed by atoms with van der Waals surface area (Å²) in [5.41, 5.74) is 0.695. The Morgan fingerprint density at radius 1 is 1.19 bits per heavy atom. The Kier molecular flexibility index (Phi) is 3.59. The van der Waals surface area contributed by atoms with Gasteiger partial charge in [-0.3, -0.25) is 4.79 Å². The van der Waals surface area contributed by atoms with Crippen LogP contribution in [-0.4, -0.2) is 20.0 Å². The molecule has 0 spiro atoms. The van der Waals surface area contributed by atoms with Crippen molar-refractivity contribution in [2.45, 2.75) is 25.2 Å². The summed E-state index contributed by atoms with van der Waals surface area (Å²) in [6, 6.07) is 7.43. The first-order valence-electron chi connectivity index (χ1n) is 7.33. The number of benzene rings is 1. The highest BCUT2D eigenvalue weighted by Crippen LogP contribution is 2.55. The van der Waals surface area contributed by atoms with Crippen molar-refractivity contribution in [2.75, 3.05) is 14.2 Å². The molecule has 3 atom stereocenters. The summed E-state index contributed by atoms with van der Waals surface area (Å²) in [5, 5.41) is 9.43. The van der Waals surface area contributed by atoms with Crippen molar-refractivity contribution in [1.82, 2.24) is 0 Å². The Morgan fingerprint density at radius 3 is 2.43 bits per heavy atom. The summed E-state index contributed by atoms with van der Waals surface area (Å²) in [6.07, 6.45) is 3.21. The predicted octanol–water partition coefficient (Wildman–Crippen LogP) is 2.93. The largest absolute Gasteiger partial charge is 0.493 e. The molecule has 0 heterocycles. The maximum Gasteiger partial charge on any atom is 0.161 e. The number of ketones is 1. The minimum absolute atomic E-state index is 0.0616. The zero-order chi connectivity index (χ0) is 15.0. The highest BCUT2D eigenvalue weighted by Gasteiger charge is 2.49. The van der Waals surface area contributed by atoms with Crippen LogP contribution in [-0.2, 0) is 4.79 Å². The van der Waals surface area contributed by atoms with Gasteiger partial charge in [0.15, 0.2) is 17.3 Å². The Labute approximate surface area is 124 Å². The Balaban J connectivity index is 1.82. The van der Waals surface area contributed by atoms with Gasteiger partial charge in [-0.05, 0) is 48.8 Å². The molecule has 2 aliphatic carbocycles. The van der Waals surface area contributed by atoms with Gasteiger partial charge in [0.2, 0.25) is 0 Å². The number of rotatable bonds is 5. The molecule has 4 nitrogen and oxygen atoms in total. The maximum absolute atomic E-state index is 12.6. The summed E-state index contributed by atoms with van der Waals surface area (Å²) < 4.78 is 10.4. The molecule has 4 heteroatoms. The maximum atomic E-state index is 12.6. The average Bonchev–Trinajstić information content (AvgIpc) is 3.13. The predicted molar refractivity (Wildman–Crippen MR) is 77.2 cm³/mol. The summed E-state index contributed by atoms with van der Waals surface area (Å²) in [7, 11) is 3.12. The standard InChI is InChI=1S/C17H19NO3/c1-20-15-4-3-10(8-16(15)21-2)14(9-18)17(19)13-6-11-5-12(11)7-13/h3-4,8,11-14H,5-7H2,1-2H3. The fourth-order valence-electron chi connectivity index (χ4n) is 3.52. The smallest absolute Gasteiger partial charge is 0.161 e. The van der Waals surface area contributed by atoms with Crippen molar-refractivity contribution in [3.63, 3.8) is 0 Å². The van der Waals surface area contributed by atoms with Crippen molar-refractivity contribution in [2.24, 2.45) is 17.8 Å². The van der Waals surface area contributed by atoms with Crippen molar-refractivity contribution < 1.29 is 14.3 Å². The van der Waals surface area contributed by atoms with E-state index in [-0.39, 0.29) is 11.7 Å². The van der Waals surface area contributed by atoms with Crippen LogP contribution in [0.25, 0.3) is 0 Å². The number of nitriles is 1. The summed E-state index contributed by atoms with van der Waals surface area (Å²) in [5.74, 6) is 2.06. The first-order chi connectivity index (χ1) is 10.2. The lowest BCUT2D eigenvalue weighted by Gasteiger charge is -2.16. The molecule has 3 unspecified atom stereocenters. The van der Waals surface area contributed by atoms with Crippen LogP contribution in [0.4, 0.5) is 0 Å². The van der Waals surface area contributed by atoms with E-state index in [0.29, 0.717) is 17.1 Å². The lowest BCUT2D eigenvalue weighted by Crippen LogP contribution is -2.20. The molecule has 0 saturated heterocycles. The van der Waals surface area contributed by atoms with Gasteiger partial charge in [-0.2, -0.15) is 5.26 Å². The molecule has 0 aliphatic heterocycles. The molecule has 1 aromatic carbocycles. The van der Waals surface area contributed by atoms with Gasteiger partial charge in [-0.25, -0.2) is 0 Å². The van der Waals surface area contributed by atoms with E-state index in [0.717, 1.165) is 24.7 Å². The zero-order valence-electron chi connectivity index (χ0n) is 12.3. The summed E-state index contributed by atoms with van der Waals surface area (Å²) >= 11 is 0. The topological polar surface area (TPSA) is 59.3 Å². The van der Waals surface area contributed by atoms with Gasteiger partial charge in [0.1, 0.15) is 5.92 Å². The second kappa shape index (κ2) is 5.40. The fraction of sp³-hybridized carbons (Fsp3) is 0.529. The molecule has 110 valence electrons. The van der Waals surface area contributed by atoms with Crippen LogP contribution in [0.2, 0.25) is 0 Å². The number of fused-ring (bicyclic) bond motifs is 1. The van der Waals surface area contributed by atoms with Crippen LogP contribution in [0.3, 0.4) is 0 Å². The number of hydrogen-bond donors (Lipinski definition) is 0. The Morgan fingerprint density at radius 2 is 1.86 bits per heavy atom. The molecular weight excluding hydrogens is 266 g/mol. The number of Topliss-reactive ketones (excluding diaryl/α,β-unsaturated/α-hetero) is 1. The minimum Gasteiger partial charge on any atom is -0.493 e. The molecule has 0 radical (unpaired) electrons. The van der Waals surface area contributed by atoms with Crippen LogP contribution in [0.15, 0.2) is 18.2 Å². The number of carbonyl (C=O) groups excluding carboxylic acids is 1. The van der Waals surface area contributed by atoms with Gasteiger partial charge >= 0.3 is 0 Å². The van der Waals surface area contributed by atoms with Gasteiger partial charge in [0, 0.05) is 5.92 Å². The molecule has 2 saturated carbocycles. The highest BCUT2D eigenvalue weighted by molar-refractivity contribution is 5.91. The first-order valence-corrected chi connectivity index (χ1v) is 7.33. The number of hydrogen-bond acceptors (Lipinski definition) is 4. The van der Waals surface area contributed by atoms with E-state index in [1.54, 1.807) is 32.4 Å². The molecule has 0 amide bonds. The minimum atomic E-state index is -0.702. The molecule has 2 aliphatic rings. The number of methoxy groups -OCH3 is 2. The van der Waals surface area contributed by atoms with Crippen molar-refractivity contribution in [3.05, 3.63) is 23.8 Å². The number of nitrogens with zero attached hydrogens (tertiary/aromatic N) is 1. The second-order valence-electron chi connectivity index (χ2n) is 6.00. The SMILES string of the molecule is COc1ccc(C(C#N)C(=O)C2CC3CC3C2)cc1OC. The zero-order valence-corrected chi connectivity index (χ0v) is 12.3. The van der Waals surface area contributed by atoms with Crippen LogP contribution < -0.4 is 9.47 Å². The molecule has 21 heavy (non-hydrogen) atoms. The third-order valence-corrected chi connectivity index (χ3v) is 4.80. The highest BCUT2D eigenvalue weighted by atomic mass is 16.5. The lowest BCUT2D eigenvalue weighted by atomic mass is 9.86. The Hall–Kier alpha value is -2.02. The first kappa shape index (κ1) is 13.9. The normalized spacial score (nSPS) is 27.4. The molecule has 0 aromatic heterocycles. The van der Waals surface area contributed by atoms with Gasteiger partial charge in [0.05, 0.1) is 20.3 Å². The van der Waals surface area contributed by atoms with E-state index in [2.05, 4.69) is 6.07 Å². The van der Waals surface area contributed by atoms with Crippen molar-refractivity contribution in [1.29, 1.82) is 5.26 Å². The summed E-state index contributed by atoms with van der Waals surface area (Å²) in [6.45, 7) is 0. The van der Waals surface area contributed by atoms with E-state index in [9.17, 15) is 10.1 Å². The molecule has 2 fully saturated rings. The van der Waals surface area contributed by atoms with Crippen molar-refractivity contribution >= 4 is 5.78 Å². The summed E-state index contributed by atoms with van der Waals surface area (Å²) in [4.78, 5) is 12.6. The van der Waals surface area contributed by atoms with E-state index in [4.69, 9.17) is 9.47 Å². The van der Waals surface area contributed by atoms with Crippen LogP contribution in [0.5, 0.6) is 11.5 Å². The van der Waals surface area contributed by atoms with Crippen LogP contribution in [0.1, 0.15) is 30.7 Å². The van der Waals surface area contributed by atoms with Gasteiger partial charge in [0.25, 0.3) is 0 Å². The van der Waals surface area contributed by atoms with E-state index in [1.807, 2.05) is 0 Å². The quantitative estimate of drug-likeness (QED) is 0.834. The van der Waals surface area contributed by atoms with E-state index < -0.39 is 5.92 Å². The molecule has 0 N–H and O–H groups in total. The van der Waals surface area contributed by atoms with Crippen molar-refractivity contribution in [3.8, 4) is 17.6 Å². The molecule has 1 aromatic rings. The molecule has 0 bridgehead atoms. The second-order valence-corrected chi connectivity index (χ2v) is 6.00. The third-order valence-electron chi connectivity index (χ3n) is 4.80. The van der Waals surface area contributed by atoms with Gasteiger partial charge in [-0.1, -0.05) is 6.07 Å². The fourth-order valence-corrected chi connectivity index (χ4v) is 3.52. The average molecular weight is 285 g/mol. The molecular formula is C17H19NO3. The third kappa shape index (κ3) is 2.49. The monoisotopic (exact) mass is 285 g/mol.